The minimum atomic E-state index is -0.199. The smallest absolute Gasteiger partial charge is 0.255 e. The molecule has 1 rings (SSSR count). The molecule has 0 spiro atoms. The number of nitrogens with zero attached hydrogens (tertiary/aromatic N) is 3. The van der Waals surface area contributed by atoms with Crippen molar-refractivity contribution < 1.29 is 10.0 Å². The van der Waals surface area contributed by atoms with Crippen LogP contribution in [0.4, 0.5) is 0 Å². The van der Waals surface area contributed by atoms with Crippen molar-refractivity contribution in [1.29, 1.82) is 0 Å². The number of carbonyl (C=O) groups is 1. The van der Waals surface area contributed by atoms with E-state index in [1.807, 2.05) is 6.92 Å². The van der Waals surface area contributed by atoms with Crippen molar-refractivity contribution in [2.24, 2.45) is 16.8 Å². The molecule has 1 unspecified atom stereocenters. The summed E-state index contributed by atoms with van der Waals surface area (Å²) < 4.78 is 0. The van der Waals surface area contributed by atoms with Crippen LogP contribution in [0.1, 0.15) is 24.2 Å². The average molecular weight is 250 g/mol. The zero-order chi connectivity index (χ0) is 13.5. The molecule has 0 saturated carbocycles. The standard InChI is InChI=1S/C12H18N4O2/c1-3-16(8-9(2)11(13)15-18)12(17)10-5-4-6-14-7-10/h4-7,9,18H,3,8H2,1-2H3,(H2,13,15). The van der Waals surface area contributed by atoms with E-state index in [9.17, 15) is 4.79 Å². The van der Waals surface area contributed by atoms with E-state index in [1.54, 1.807) is 30.2 Å². The second-order valence-electron chi connectivity index (χ2n) is 4.01. The van der Waals surface area contributed by atoms with Crippen molar-refractivity contribution in [2.75, 3.05) is 13.1 Å². The fourth-order valence-electron chi connectivity index (χ4n) is 1.55. The minimum absolute atomic E-state index is 0.108. The maximum absolute atomic E-state index is 12.2. The third-order valence-electron chi connectivity index (χ3n) is 2.69. The summed E-state index contributed by atoms with van der Waals surface area (Å²) >= 11 is 0. The molecule has 0 saturated heterocycles. The van der Waals surface area contributed by atoms with Crippen LogP contribution in [0.15, 0.2) is 29.7 Å². The molecule has 1 atom stereocenters. The minimum Gasteiger partial charge on any atom is -0.409 e. The molecule has 0 aliphatic heterocycles. The number of carbonyl (C=O) groups excluding carboxylic acids is 1. The van der Waals surface area contributed by atoms with E-state index >= 15 is 0 Å². The van der Waals surface area contributed by atoms with Crippen LogP contribution in [-0.2, 0) is 0 Å². The molecule has 1 heterocycles. The van der Waals surface area contributed by atoms with E-state index in [2.05, 4.69) is 10.1 Å². The van der Waals surface area contributed by atoms with E-state index in [-0.39, 0.29) is 17.7 Å². The van der Waals surface area contributed by atoms with Crippen LogP contribution in [0.2, 0.25) is 0 Å². The van der Waals surface area contributed by atoms with E-state index in [0.29, 0.717) is 18.7 Å². The number of amidine groups is 1. The highest BCUT2D eigenvalue weighted by atomic mass is 16.4. The van der Waals surface area contributed by atoms with Crippen molar-refractivity contribution >= 4 is 11.7 Å². The number of oxime groups is 1. The molecule has 0 radical (unpaired) electrons. The van der Waals surface area contributed by atoms with Crippen LogP contribution in [0, 0.1) is 5.92 Å². The van der Waals surface area contributed by atoms with E-state index in [0.717, 1.165) is 0 Å². The first-order valence-corrected chi connectivity index (χ1v) is 5.76. The Hall–Kier alpha value is -2.11. The first kappa shape index (κ1) is 14.0. The molecule has 1 aromatic heterocycles. The third-order valence-corrected chi connectivity index (χ3v) is 2.69. The Bertz CT molecular complexity index is 419. The SMILES string of the molecule is CCN(CC(C)/C(N)=N/O)C(=O)c1cccnc1. The van der Waals surface area contributed by atoms with Gasteiger partial charge in [-0.1, -0.05) is 12.1 Å². The fourth-order valence-corrected chi connectivity index (χ4v) is 1.55. The molecule has 1 amide bonds. The van der Waals surface area contributed by atoms with Gasteiger partial charge >= 0.3 is 0 Å². The summed E-state index contributed by atoms with van der Waals surface area (Å²) in [5.74, 6) is -0.189. The molecule has 6 heteroatoms. The van der Waals surface area contributed by atoms with Crippen molar-refractivity contribution in [1.82, 2.24) is 9.88 Å². The van der Waals surface area contributed by atoms with Crippen LogP contribution in [0.3, 0.4) is 0 Å². The summed E-state index contributed by atoms with van der Waals surface area (Å²) in [4.78, 5) is 17.7. The van der Waals surface area contributed by atoms with Gasteiger partial charge in [0.05, 0.1) is 5.56 Å². The number of hydrogen-bond acceptors (Lipinski definition) is 4. The Kier molecular flexibility index (Phi) is 5.10. The maximum Gasteiger partial charge on any atom is 0.255 e. The number of nitrogens with two attached hydrogens (primary N) is 1. The van der Waals surface area contributed by atoms with Gasteiger partial charge in [-0.05, 0) is 19.1 Å². The van der Waals surface area contributed by atoms with Crippen molar-refractivity contribution in [3.8, 4) is 0 Å². The predicted molar refractivity (Wildman–Crippen MR) is 68.4 cm³/mol. The Morgan fingerprint density at radius 2 is 2.39 bits per heavy atom. The molecule has 0 aromatic carbocycles. The number of pyridine rings is 1. The van der Waals surface area contributed by atoms with Crippen molar-refractivity contribution in [3.63, 3.8) is 0 Å². The van der Waals surface area contributed by atoms with Crippen LogP contribution < -0.4 is 5.73 Å². The lowest BCUT2D eigenvalue weighted by Crippen LogP contribution is -2.38. The Balaban J connectivity index is 2.76. The average Bonchev–Trinajstić information content (AvgIpc) is 2.43. The maximum atomic E-state index is 12.2. The van der Waals surface area contributed by atoms with Gasteiger partial charge in [0.1, 0.15) is 5.84 Å². The summed E-state index contributed by atoms with van der Waals surface area (Å²) in [5.41, 5.74) is 6.04. The van der Waals surface area contributed by atoms with Gasteiger partial charge in [-0.3, -0.25) is 9.78 Å². The largest absolute Gasteiger partial charge is 0.409 e. The molecule has 0 fully saturated rings. The Labute approximate surface area is 106 Å². The quantitative estimate of drug-likeness (QED) is 0.352. The monoisotopic (exact) mass is 250 g/mol. The van der Waals surface area contributed by atoms with Gasteiger partial charge in [0, 0.05) is 31.4 Å². The Morgan fingerprint density at radius 3 is 2.89 bits per heavy atom. The normalized spacial score (nSPS) is 13.1. The Morgan fingerprint density at radius 1 is 1.67 bits per heavy atom. The molecule has 6 nitrogen and oxygen atoms in total. The highest BCUT2D eigenvalue weighted by molar-refractivity contribution is 5.94. The predicted octanol–water partition coefficient (Wildman–Crippen LogP) is 0.926. The molecule has 3 N–H and O–H groups in total. The van der Waals surface area contributed by atoms with Crippen LogP contribution in [0.25, 0.3) is 0 Å². The van der Waals surface area contributed by atoms with Crippen molar-refractivity contribution in [2.45, 2.75) is 13.8 Å². The summed E-state index contributed by atoms with van der Waals surface area (Å²) in [6.45, 7) is 4.64. The number of aromatic nitrogens is 1. The molecule has 18 heavy (non-hydrogen) atoms. The lowest BCUT2D eigenvalue weighted by atomic mass is 10.1. The highest BCUT2D eigenvalue weighted by Gasteiger charge is 2.18. The summed E-state index contributed by atoms with van der Waals surface area (Å²) in [6.07, 6.45) is 3.14. The zero-order valence-corrected chi connectivity index (χ0v) is 10.6. The van der Waals surface area contributed by atoms with Crippen LogP contribution >= 0.6 is 0 Å². The number of hydrogen-bond donors (Lipinski definition) is 2. The van der Waals surface area contributed by atoms with Crippen LogP contribution in [0.5, 0.6) is 0 Å². The second kappa shape index (κ2) is 6.58. The molecule has 0 bridgehead atoms. The molecule has 98 valence electrons. The third kappa shape index (κ3) is 3.44. The summed E-state index contributed by atoms with van der Waals surface area (Å²) in [5, 5.41) is 11.5. The van der Waals surface area contributed by atoms with Crippen LogP contribution in [-0.4, -0.2) is 39.9 Å². The molecular formula is C12H18N4O2. The topological polar surface area (TPSA) is 91.8 Å². The van der Waals surface area contributed by atoms with Crippen molar-refractivity contribution in [3.05, 3.63) is 30.1 Å². The molecule has 1 aromatic rings. The molecule has 0 aliphatic carbocycles. The first-order valence-electron chi connectivity index (χ1n) is 5.76. The van der Waals surface area contributed by atoms with Gasteiger partial charge in [0.15, 0.2) is 0 Å². The van der Waals surface area contributed by atoms with Gasteiger partial charge in [0.2, 0.25) is 0 Å². The van der Waals surface area contributed by atoms with Gasteiger partial charge in [-0.15, -0.1) is 0 Å². The van der Waals surface area contributed by atoms with E-state index in [4.69, 9.17) is 10.9 Å². The zero-order valence-electron chi connectivity index (χ0n) is 10.6. The molecular weight excluding hydrogens is 232 g/mol. The molecule has 0 aliphatic rings. The first-order chi connectivity index (χ1) is 8.60. The number of rotatable bonds is 5. The lowest BCUT2D eigenvalue weighted by Gasteiger charge is -2.23. The van der Waals surface area contributed by atoms with Gasteiger partial charge in [-0.2, -0.15) is 0 Å². The van der Waals surface area contributed by atoms with E-state index in [1.165, 1.54) is 6.20 Å². The highest BCUT2D eigenvalue weighted by Crippen LogP contribution is 2.06. The van der Waals surface area contributed by atoms with Gasteiger partial charge < -0.3 is 15.8 Å². The fraction of sp³-hybridized carbons (Fsp3) is 0.417. The lowest BCUT2D eigenvalue weighted by molar-refractivity contribution is 0.0753. The van der Waals surface area contributed by atoms with Gasteiger partial charge in [-0.25, -0.2) is 0 Å². The summed E-state index contributed by atoms with van der Waals surface area (Å²) in [7, 11) is 0. The number of amides is 1. The van der Waals surface area contributed by atoms with Gasteiger partial charge in [0.25, 0.3) is 5.91 Å². The summed E-state index contributed by atoms with van der Waals surface area (Å²) in [6, 6.07) is 3.43. The van der Waals surface area contributed by atoms with E-state index < -0.39 is 0 Å². The second-order valence-corrected chi connectivity index (χ2v) is 4.01.